The van der Waals surface area contributed by atoms with E-state index in [4.69, 9.17) is 11.6 Å². The third-order valence-electron chi connectivity index (χ3n) is 4.93. The Hall–Kier alpha value is -0.830. The van der Waals surface area contributed by atoms with Crippen molar-refractivity contribution in [3.8, 4) is 0 Å². The maximum absolute atomic E-state index is 6.17. The number of hydrogen-bond donors (Lipinski definition) is 0. The van der Waals surface area contributed by atoms with Crippen LogP contribution in [0.4, 0.5) is 5.82 Å². The number of fused-ring (bicyclic) bond motifs is 2. The lowest BCUT2D eigenvalue weighted by Gasteiger charge is -2.29. The Balaban J connectivity index is 1.75. The Morgan fingerprint density at radius 1 is 1.21 bits per heavy atom. The number of hydrogen-bond acceptors (Lipinski definition) is 3. The zero-order valence-electron chi connectivity index (χ0n) is 12.0. The zero-order valence-corrected chi connectivity index (χ0v) is 12.7. The van der Waals surface area contributed by atoms with E-state index in [-0.39, 0.29) is 0 Å². The first-order chi connectivity index (χ1) is 9.04. The van der Waals surface area contributed by atoms with E-state index in [2.05, 4.69) is 21.9 Å². The highest BCUT2D eigenvalue weighted by atomic mass is 35.5. The van der Waals surface area contributed by atoms with Gasteiger partial charge in [0.2, 0.25) is 0 Å². The third kappa shape index (κ3) is 2.45. The molecule has 3 rings (SSSR count). The molecule has 2 saturated carbocycles. The van der Waals surface area contributed by atoms with Crippen LogP contribution in [0.1, 0.15) is 37.1 Å². The minimum atomic E-state index is 0.585. The molecular weight excluding hydrogens is 258 g/mol. The van der Waals surface area contributed by atoms with Crippen LogP contribution >= 0.6 is 11.6 Å². The van der Waals surface area contributed by atoms with E-state index in [9.17, 15) is 0 Å². The highest BCUT2D eigenvalue weighted by Gasteiger charge is 2.39. The van der Waals surface area contributed by atoms with Crippen molar-refractivity contribution in [3.63, 3.8) is 0 Å². The second-order valence-electron chi connectivity index (χ2n) is 6.33. The van der Waals surface area contributed by atoms with Crippen molar-refractivity contribution in [2.24, 2.45) is 17.8 Å². The third-order valence-corrected chi connectivity index (χ3v) is 5.29. The molecule has 0 saturated heterocycles. The summed E-state index contributed by atoms with van der Waals surface area (Å²) in [6.45, 7) is 5.02. The molecule has 2 bridgehead atoms. The lowest BCUT2D eigenvalue weighted by Crippen LogP contribution is -2.30. The van der Waals surface area contributed by atoms with E-state index in [0.717, 1.165) is 41.5 Å². The van der Waals surface area contributed by atoms with Crippen molar-refractivity contribution in [1.29, 1.82) is 0 Å². The SMILES string of the molecule is Cc1nc(Cl)c(C)c(N(C)CC2CC3CCC2C3)n1. The van der Waals surface area contributed by atoms with Crippen LogP contribution in [0.5, 0.6) is 0 Å². The zero-order chi connectivity index (χ0) is 13.6. The summed E-state index contributed by atoms with van der Waals surface area (Å²) in [6.07, 6.45) is 5.76. The van der Waals surface area contributed by atoms with Crippen LogP contribution in [0.2, 0.25) is 5.15 Å². The molecule has 104 valence electrons. The first-order valence-electron chi connectivity index (χ1n) is 7.26. The summed E-state index contributed by atoms with van der Waals surface area (Å²) >= 11 is 6.17. The Morgan fingerprint density at radius 3 is 2.63 bits per heavy atom. The van der Waals surface area contributed by atoms with Gasteiger partial charge in [0.1, 0.15) is 16.8 Å². The first kappa shape index (κ1) is 13.2. The fourth-order valence-corrected chi connectivity index (χ4v) is 4.20. The largest absolute Gasteiger partial charge is 0.359 e. The van der Waals surface area contributed by atoms with Gasteiger partial charge in [0.25, 0.3) is 0 Å². The molecule has 2 aliphatic carbocycles. The van der Waals surface area contributed by atoms with Crippen LogP contribution < -0.4 is 4.90 Å². The number of aryl methyl sites for hydroxylation is 1. The van der Waals surface area contributed by atoms with Gasteiger partial charge in [-0.1, -0.05) is 18.0 Å². The van der Waals surface area contributed by atoms with Crippen molar-refractivity contribution < 1.29 is 0 Å². The van der Waals surface area contributed by atoms with Gasteiger partial charge in [-0.15, -0.1) is 0 Å². The summed E-state index contributed by atoms with van der Waals surface area (Å²) in [5.74, 6) is 4.55. The Kier molecular flexibility index (Phi) is 3.42. The highest BCUT2D eigenvalue weighted by Crippen LogP contribution is 2.48. The molecular formula is C15H22ClN3. The number of nitrogens with zero attached hydrogens (tertiary/aromatic N) is 3. The molecule has 4 heteroatoms. The van der Waals surface area contributed by atoms with Gasteiger partial charge in [0, 0.05) is 19.2 Å². The van der Waals surface area contributed by atoms with Gasteiger partial charge in [-0.3, -0.25) is 0 Å². The smallest absolute Gasteiger partial charge is 0.137 e. The van der Waals surface area contributed by atoms with Crippen molar-refractivity contribution >= 4 is 17.4 Å². The molecule has 3 unspecified atom stereocenters. The number of halogens is 1. The van der Waals surface area contributed by atoms with Gasteiger partial charge in [0.05, 0.1) is 0 Å². The molecule has 3 nitrogen and oxygen atoms in total. The molecule has 0 radical (unpaired) electrons. The summed E-state index contributed by atoms with van der Waals surface area (Å²) in [5, 5.41) is 0.585. The average Bonchev–Trinajstić information content (AvgIpc) is 2.95. The molecule has 19 heavy (non-hydrogen) atoms. The maximum atomic E-state index is 6.17. The van der Waals surface area contributed by atoms with Crippen LogP contribution in [0.25, 0.3) is 0 Å². The van der Waals surface area contributed by atoms with Gasteiger partial charge in [0.15, 0.2) is 0 Å². The quantitative estimate of drug-likeness (QED) is 0.792. The average molecular weight is 280 g/mol. The van der Waals surface area contributed by atoms with Gasteiger partial charge < -0.3 is 4.90 Å². The lowest BCUT2D eigenvalue weighted by atomic mass is 9.88. The van der Waals surface area contributed by atoms with E-state index in [0.29, 0.717) is 5.15 Å². The molecule has 1 heterocycles. The molecule has 0 N–H and O–H groups in total. The fraction of sp³-hybridized carbons (Fsp3) is 0.733. The first-order valence-corrected chi connectivity index (χ1v) is 7.64. The fourth-order valence-electron chi connectivity index (χ4n) is 3.99. The molecule has 2 aliphatic rings. The van der Waals surface area contributed by atoms with Gasteiger partial charge in [-0.25, -0.2) is 9.97 Å². The maximum Gasteiger partial charge on any atom is 0.137 e. The second-order valence-corrected chi connectivity index (χ2v) is 6.68. The summed E-state index contributed by atoms with van der Waals surface area (Å²) in [4.78, 5) is 11.1. The van der Waals surface area contributed by atoms with Gasteiger partial charge >= 0.3 is 0 Å². The Labute approximate surface area is 120 Å². The van der Waals surface area contributed by atoms with Crippen molar-refractivity contribution in [2.45, 2.75) is 39.5 Å². The molecule has 2 fully saturated rings. The van der Waals surface area contributed by atoms with E-state index < -0.39 is 0 Å². The van der Waals surface area contributed by atoms with Crippen LogP contribution in [-0.4, -0.2) is 23.6 Å². The molecule has 1 aromatic rings. The highest BCUT2D eigenvalue weighted by molar-refractivity contribution is 6.30. The Bertz CT molecular complexity index is 489. The van der Waals surface area contributed by atoms with Crippen molar-refractivity contribution in [3.05, 3.63) is 16.5 Å². The predicted octanol–water partition coefficient (Wildman–Crippen LogP) is 3.62. The molecule has 0 amide bonds. The number of anilines is 1. The molecule has 1 aromatic heterocycles. The van der Waals surface area contributed by atoms with Gasteiger partial charge in [-0.2, -0.15) is 0 Å². The molecule has 0 aromatic carbocycles. The minimum Gasteiger partial charge on any atom is -0.359 e. The summed E-state index contributed by atoms with van der Waals surface area (Å²) < 4.78 is 0. The molecule has 0 aliphatic heterocycles. The monoisotopic (exact) mass is 279 g/mol. The predicted molar refractivity (Wildman–Crippen MR) is 78.7 cm³/mol. The molecule has 3 atom stereocenters. The standard InChI is InChI=1S/C15H22ClN3/c1-9-14(16)17-10(2)18-15(9)19(3)8-13-7-11-4-5-12(13)6-11/h11-13H,4-8H2,1-3H3. The normalized spacial score (nSPS) is 28.9. The van der Waals surface area contributed by atoms with Crippen LogP contribution in [0.3, 0.4) is 0 Å². The van der Waals surface area contributed by atoms with Crippen LogP contribution in [0.15, 0.2) is 0 Å². The summed E-state index contributed by atoms with van der Waals surface area (Å²) in [6, 6.07) is 0. The van der Waals surface area contributed by atoms with E-state index in [1.807, 2.05) is 13.8 Å². The van der Waals surface area contributed by atoms with Crippen LogP contribution in [-0.2, 0) is 0 Å². The number of rotatable bonds is 3. The second kappa shape index (κ2) is 4.93. The summed E-state index contributed by atoms with van der Waals surface area (Å²) in [7, 11) is 2.14. The van der Waals surface area contributed by atoms with E-state index in [1.165, 1.54) is 25.7 Å². The van der Waals surface area contributed by atoms with Crippen molar-refractivity contribution in [1.82, 2.24) is 9.97 Å². The van der Waals surface area contributed by atoms with E-state index in [1.54, 1.807) is 0 Å². The van der Waals surface area contributed by atoms with Crippen LogP contribution in [0, 0.1) is 31.6 Å². The van der Waals surface area contributed by atoms with Gasteiger partial charge in [-0.05, 0) is 50.9 Å². The van der Waals surface area contributed by atoms with E-state index >= 15 is 0 Å². The minimum absolute atomic E-state index is 0.585. The number of aromatic nitrogens is 2. The molecule has 0 spiro atoms. The Morgan fingerprint density at radius 2 is 2.00 bits per heavy atom. The summed E-state index contributed by atoms with van der Waals surface area (Å²) in [5.41, 5.74) is 0.998. The lowest BCUT2D eigenvalue weighted by molar-refractivity contribution is 0.337. The van der Waals surface area contributed by atoms with Crippen molar-refractivity contribution in [2.75, 3.05) is 18.5 Å². The topological polar surface area (TPSA) is 29.0 Å².